The van der Waals surface area contributed by atoms with Crippen LogP contribution in [0.1, 0.15) is 22.8 Å². The molecule has 0 aliphatic heterocycles. The maximum Gasteiger partial charge on any atom is 0.335 e. The summed E-state index contributed by atoms with van der Waals surface area (Å²) in [6.07, 6.45) is -3.43. The average molecular weight is 221 g/mol. The Hall–Kier alpha value is -1.90. The summed E-state index contributed by atoms with van der Waals surface area (Å²) < 4.78 is 0. The average Bonchev–Trinajstić information content (AvgIpc) is 2.27. The second-order valence-corrected chi connectivity index (χ2v) is 3.41. The highest BCUT2D eigenvalue weighted by atomic mass is 16.4. The van der Waals surface area contributed by atoms with E-state index in [-0.39, 0.29) is 5.56 Å². The van der Waals surface area contributed by atoms with Crippen LogP contribution in [-0.2, 0) is 4.79 Å². The molecule has 2 atom stereocenters. The van der Waals surface area contributed by atoms with Gasteiger partial charge in [-0.3, -0.25) is 0 Å². The number of carboxylic acids is 1. The Morgan fingerprint density at radius 3 is 2.56 bits per heavy atom. The van der Waals surface area contributed by atoms with E-state index in [1.165, 1.54) is 12.1 Å². The van der Waals surface area contributed by atoms with Crippen LogP contribution in [-0.4, -0.2) is 27.4 Å². The van der Waals surface area contributed by atoms with Crippen molar-refractivity contribution in [3.8, 4) is 6.07 Å². The fourth-order valence-corrected chi connectivity index (χ4v) is 1.26. The van der Waals surface area contributed by atoms with Gasteiger partial charge in [-0.15, -0.1) is 0 Å². The van der Waals surface area contributed by atoms with E-state index in [4.69, 9.17) is 15.5 Å². The molecule has 0 radical (unpaired) electrons. The molecule has 0 aliphatic carbocycles. The Morgan fingerprint density at radius 1 is 1.44 bits per heavy atom. The van der Waals surface area contributed by atoms with E-state index in [1.54, 1.807) is 13.0 Å². The summed E-state index contributed by atoms with van der Waals surface area (Å²) in [5, 5.41) is 36.0. The van der Waals surface area contributed by atoms with Gasteiger partial charge in [0.05, 0.1) is 11.6 Å². The quantitative estimate of drug-likeness (QED) is 0.683. The lowest BCUT2D eigenvalue weighted by molar-refractivity contribution is -0.153. The molecule has 84 valence electrons. The summed E-state index contributed by atoms with van der Waals surface area (Å²) in [5.41, 5.74) is 1.27. The molecule has 0 spiro atoms. The van der Waals surface area contributed by atoms with Crippen LogP contribution in [0.2, 0.25) is 0 Å². The van der Waals surface area contributed by atoms with Crippen molar-refractivity contribution in [3.63, 3.8) is 0 Å². The highest BCUT2D eigenvalue weighted by molar-refractivity contribution is 5.73. The fraction of sp³-hybridized carbons (Fsp3) is 0.273. The number of aliphatic hydroxyl groups excluding tert-OH is 2. The van der Waals surface area contributed by atoms with Crippen LogP contribution in [0.15, 0.2) is 18.2 Å². The maximum atomic E-state index is 10.5. The van der Waals surface area contributed by atoms with Gasteiger partial charge in [0.15, 0.2) is 6.10 Å². The normalized spacial score (nSPS) is 13.9. The number of nitriles is 1. The molecular formula is C11H11NO4. The molecule has 0 amide bonds. The van der Waals surface area contributed by atoms with Gasteiger partial charge in [-0.05, 0) is 24.1 Å². The molecule has 0 heterocycles. The number of hydrogen-bond donors (Lipinski definition) is 3. The van der Waals surface area contributed by atoms with Crippen molar-refractivity contribution < 1.29 is 20.1 Å². The molecule has 0 saturated heterocycles. The third-order valence-corrected chi connectivity index (χ3v) is 2.28. The van der Waals surface area contributed by atoms with Gasteiger partial charge in [-0.25, -0.2) is 4.79 Å². The van der Waals surface area contributed by atoms with Crippen molar-refractivity contribution in [1.29, 1.82) is 5.26 Å². The minimum atomic E-state index is -1.89. The van der Waals surface area contributed by atoms with E-state index in [0.717, 1.165) is 5.56 Å². The van der Waals surface area contributed by atoms with E-state index in [9.17, 15) is 9.90 Å². The molecular weight excluding hydrogens is 210 g/mol. The number of nitrogens with zero attached hydrogens (tertiary/aromatic N) is 1. The Balaban J connectivity index is 3.06. The molecule has 2 unspecified atom stereocenters. The lowest BCUT2D eigenvalue weighted by atomic mass is 9.99. The summed E-state index contributed by atoms with van der Waals surface area (Å²) >= 11 is 0. The summed E-state index contributed by atoms with van der Waals surface area (Å²) in [6, 6.07) is 6.35. The number of aliphatic carboxylic acids is 1. The molecule has 5 heteroatoms. The zero-order valence-electron chi connectivity index (χ0n) is 8.58. The number of hydrogen-bond acceptors (Lipinski definition) is 4. The van der Waals surface area contributed by atoms with Crippen molar-refractivity contribution in [2.24, 2.45) is 0 Å². The number of aliphatic hydroxyl groups is 2. The molecule has 0 saturated carbocycles. The van der Waals surface area contributed by atoms with Crippen LogP contribution in [0.5, 0.6) is 0 Å². The van der Waals surface area contributed by atoms with Gasteiger partial charge < -0.3 is 15.3 Å². The van der Waals surface area contributed by atoms with Gasteiger partial charge in [0.25, 0.3) is 0 Å². The Bertz CT molecular complexity index is 450. The topological polar surface area (TPSA) is 102 Å². The van der Waals surface area contributed by atoms with Crippen molar-refractivity contribution in [1.82, 2.24) is 0 Å². The Kier molecular flexibility index (Phi) is 3.61. The predicted molar refractivity (Wildman–Crippen MR) is 54.5 cm³/mol. The number of benzene rings is 1. The van der Waals surface area contributed by atoms with Crippen LogP contribution < -0.4 is 0 Å². The minimum Gasteiger partial charge on any atom is -0.479 e. The number of aryl methyl sites for hydroxylation is 1. The maximum absolute atomic E-state index is 10.5. The van der Waals surface area contributed by atoms with E-state index < -0.39 is 18.2 Å². The van der Waals surface area contributed by atoms with Crippen molar-refractivity contribution >= 4 is 5.97 Å². The molecule has 0 bridgehead atoms. The van der Waals surface area contributed by atoms with Gasteiger partial charge in [-0.2, -0.15) is 5.26 Å². The molecule has 1 aromatic carbocycles. The van der Waals surface area contributed by atoms with Crippen LogP contribution in [0.25, 0.3) is 0 Å². The molecule has 0 aromatic heterocycles. The summed E-state index contributed by atoms with van der Waals surface area (Å²) in [6.45, 7) is 1.72. The zero-order valence-corrected chi connectivity index (χ0v) is 8.58. The summed E-state index contributed by atoms with van der Waals surface area (Å²) in [4.78, 5) is 10.5. The van der Waals surface area contributed by atoms with E-state index in [0.29, 0.717) is 5.56 Å². The molecule has 16 heavy (non-hydrogen) atoms. The van der Waals surface area contributed by atoms with Crippen molar-refractivity contribution in [3.05, 3.63) is 34.9 Å². The minimum absolute atomic E-state index is 0.206. The van der Waals surface area contributed by atoms with Crippen LogP contribution in [0.3, 0.4) is 0 Å². The molecule has 3 N–H and O–H groups in total. The van der Waals surface area contributed by atoms with Gasteiger partial charge in [0.2, 0.25) is 0 Å². The number of carboxylic acid groups (broad SMARTS) is 1. The first-order chi connectivity index (χ1) is 7.47. The van der Waals surface area contributed by atoms with E-state index >= 15 is 0 Å². The smallest absolute Gasteiger partial charge is 0.335 e. The fourth-order valence-electron chi connectivity index (χ4n) is 1.26. The predicted octanol–water partition coefficient (Wildman–Crippen LogP) is 0.346. The highest BCUT2D eigenvalue weighted by Crippen LogP contribution is 2.20. The standard InChI is InChI=1S/C11H11NO4/c1-6-2-3-7(4-8(6)5-12)9(13)10(14)11(15)16/h2-4,9-10,13-14H,1H3,(H,15,16). The third-order valence-electron chi connectivity index (χ3n) is 2.28. The molecule has 1 aromatic rings. The van der Waals surface area contributed by atoms with E-state index in [1.807, 2.05) is 6.07 Å². The molecule has 0 fully saturated rings. The largest absolute Gasteiger partial charge is 0.479 e. The first-order valence-electron chi connectivity index (χ1n) is 4.57. The lowest BCUT2D eigenvalue weighted by Crippen LogP contribution is -2.27. The number of carbonyl (C=O) groups is 1. The Labute approximate surface area is 92.2 Å². The highest BCUT2D eigenvalue weighted by Gasteiger charge is 2.25. The molecule has 0 aliphatic rings. The van der Waals surface area contributed by atoms with Gasteiger partial charge in [-0.1, -0.05) is 12.1 Å². The van der Waals surface area contributed by atoms with Crippen molar-refractivity contribution in [2.75, 3.05) is 0 Å². The second kappa shape index (κ2) is 4.75. The molecule has 5 nitrogen and oxygen atoms in total. The van der Waals surface area contributed by atoms with E-state index in [2.05, 4.69) is 0 Å². The Morgan fingerprint density at radius 2 is 2.06 bits per heavy atom. The monoisotopic (exact) mass is 221 g/mol. The first-order valence-corrected chi connectivity index (χ1v) is 4.57. The summed E-state index contributed by atoms with van der Waals surface area (Å²) in [7, 11) is 0. The lowest BCUT2D eigenvalue weighted by Gasteiger charge is -2.14. The van der Waals surface area contributed by atoms with Crippen LogP contribution >= 0.6 is 0 Å². The van der Waals surface area contributed by atoms with Gasteiger partial charge in [0, 0.05) is 0 Å². The first kappa shape index (κ1) is 12.2. The van der Waals surface area contributed by atoms with Crippen LogP contribution in [0, 0.1) is 18.3 Å². The second-order valence-electron chi connectivity index (χ2n) is 3.41. The summed E-state index contributed by atoms with van der Waals surface area (Å²) in [5.74, 6) is -1.51. The van der Waals surface area contributed by atoms with Gasteiger partial charge >= 0.3 is 5.97 Å². The molecule has 1 rings (SSSR count). The van der Waals surface area contributed by atoms with Crippen LogP contribution in [0.4, 0.5) is 0 Å². The SMILES string of the molecule is Cc1ccc(C(O)C(O)C(=O)O)cc1C#N. The third kappa shape index (κ3) is 2.37. The number of rotatable bonds is 3. The zero-order chi connectivity index (χ0) is 12.3. The van der Waals surface area contributed by atoms with Gasteiger partial charge in [0.1, 0.15) is 6.10 Å². The van der Waals surface area contributed by atoms with Crippen molar-refractivity contribution in [2.45, 2.75) is 19.1 Å².